The topological polar surface area (TPSA) is 122 Å². The van der Waals surface area contributed by atoms with E-state index in [0.29, 0.717) is 35.5 Å². The van der Waals surface area contributed by atoms with E-state index in [1.165, 1.54) is 12.1 Å². The zero-order valence-electron chi connectivity index (χ0n) is 20.8. The third kappa shape index (κ3) is 4.37. The molecule has 0 bridgehead atoms. The number of hydrogen-bond acceptors (Lipinski definition) is 6. The highest BCUT2D eigenvalue weighted by molar-refractivity contribution is 7.89. The van der Waals surface area contributed by atoms with E-state index < -0.39 is 21.4 Å². The van der Waals surface area contributed by atoms with Gasteiger partial charge in [-0.1, -0.05) is 36.4 Å². The molecule has 2 aliphatic rings. The molecule has 1 aliphatic heterocycles. The van der Waals surface area contributed by atoms with Crippen LogP contribution in [0.25, 0.3) is 0 Å². The monoisotopic (exact) mass is 540 g/mol. The molecule has 2 heterocycles. The van der Waals surface area contributed by atoms with E-state index in [-0.39, 0.29) is 16.6 Å². The Labute approximate surface area is 225 Å². The van der Waals surface area contributed by atoms with Crippen molar-refractivity contribution in [3.05, 3.63) is 114 Å². The van der Waals surface area contributed by atoms with Crippen LogP contribution in [0.3, 0.4) is 0 Å². The molecule has 3 aromatic carbocycles. The lowest BCUT2D eigenvalue weighted by atomic mass is 9.72. The maximum atomic E-state index is 13.3. The van der Waals surface area contributed by atoms with Gasteiger partial charge < -0.3 is 5.32 Å². The summed E-state index contributed by atoms with van der Waals surface area (Å²) in [6.45, 7) is 0. The number of sulfonamides is 1. The molecule has 1 fully saturated rings. The molecule has 4 aromatic rings. The Hall–Kier alpha value is -4.41. The molecule has 0 unspecified atom stereocenters. The highest BCUT2D eigenvalue weighted by atomic mass is 32.2. The molecule has 6 rings (SSSR count). The molecule has 1 aromatic heterocycles. The number of nitrogens with zero attached hydrogens (tertiary/aromatic N) is 2. The summed E-state index contributed by atoms with van der Waals surface area (Å²) in [7, 11) is -3.87. The first kappa shape index (κ1) is 24.9. The van der Waals surface area contributed by atoms with Crippen molar-refractivity contribution < 1.29 is 12.8 Å². The number of hydrogen-bond donors (Lipinski definition) is 4. The third-order valence-electron chi connectivity index (χ3n) is 7.28. The molecule has 0 saturated heterocycles. The van der Waals surface area contributed by atoms with Crippen molar-refractivity contribution in [2.24, 2.45) is 0 Å². The predicted octanol–water partition coefficient (Wildman–Crippen LogP) is 5.49. The Morgan fingerprint density at radius 3 is 2.38 bits per heavy atom. The minimum absolute atomic E-state index is 0.00872. The van der Waals surface area contributed by atoms with Gasteiger partial charge in [-0.3, -0.25) is 15.7 Å². The van der Waals surface area contributed by atoms with Crippen molar-refractivity contribution in [3.63, 3.8) is 0 Å². The maximum Gasteiger partial charge on any atom is 0.241 e. The second-order valence-electron chi connectivity index (χ2n) is 9.65. The Balaban J connectivity index is 1.31. The third-order valence-corrected chi connectivity index (χ3v) is 8.83. The number of aromatic nitrogens is 1. The van der Waals surface area contributed by atoms with E-state index in [4.69, 9.17) is 10.8 Å². The summed E-state index contributed by atoms with van der Waals surface area (Å²) < 4.78 is 42.3. The minimum atomic E-state index is -3.87. The average Bonchev–Trinajstić information content (AvgIpc) is 3.04. The molecule has 10 heteroatoms. The SMILES string of the molecule is N=C(c1ccc(C2(NS(=O)(=O)c3ccc(F)cc3)CCC2)cc1)N1C(=N)c2ccccc2Nc2ncccc21. The number of amidine groups is 2. The summed E-state index contributed by atoms with van der Waals surface area (Å²) in [5, 5.41) is 21.3. The minimum Gasteiger partial charge on any atom is -0.338 e. The highest BCUT2D eigenvalue weighted by Gasteiger charge is 2.42. The summed E-state index contributed by atoms with van der Waals surface area (Å²) in [5.41, 5.74) is 2.52. The van der Waals surface area contributed by atoms with Crippen molar-refractivity contribution in [3.8, 4) is 0 Å². The number of fused-ring (bicyclic) bond motifs is 2. The van der Waals surface area contributed by atoms with Crippen LogP contribution in [-0.2, 0) is 15.6 Å². The van der Waals surface area contributed by atoms with Crippen LogP contribution in [0.5, 0.6) is 0 Å². The van der Waals surface area contributed by atoms with Crippen LogP contribution in [0.4, 0.5) is 21.6 Å². The molecule has 0 spiro atoms. The zero-order chi connectivity index (χ0) is 27.2. The lowest BCUT2D eigenvalue weighted by molar-refractivity contribution is 0.224. The van der Waals surface area contributed by atoms with Gasteiger partial charge in [-0.05, 0) is 73.4 Å². The smallest absolute Gasteiger partial charge is 0.241 e. The standard InChI is InChI=1S/C29H25FN6O2S/c30-21-12-14-22(15-13-21)39(37,38)35-29(16-4-17-29)20-10-8-19(9-11-20)26(31)36-25-7-3-18-33-28(25)34-24-6-2-1-5-23(24)27(36)32/h1-3,5-15,18,31-32,35H,4,16-17H2,(H,33,34). The maximum absolute atomic E-state index is 13.3. The average molecular weight is 541 g/mol. The van der Waals surface area contributed by atoms with Crippen LogP contribution >= 0.6 is 0 Å². The number of pyridine rings is 1. The molecule has 0 radical (unpaired) electrons. The van der Waals surface area contributed by atoms with Crippen LogP contribution in [0.2, 0.25) is 0 Å². The van der Waals surface area contributed by atoms with Crippen molar-refractivity contribution in [1.82, 2.24) is 9.71 Å². The fourth-order valence-corrected chi connectivity index (χ4v) is 6.51. The molecular formula is C29H25FN6O2S. The number of para-hydroxylation sites is 1. The van der Waals surface area contributed by atoms with E-state index in [2.05, 4.69) is 15.0 Å². The summed E-state index contributed by atoms with van der Waals surface area (Å²) >= 11 is 0. The fourth-order valence-electron chi connectivity index (χ4n) is 5.06. The first-order valence-electron chi connectivity index (χ1n) is 12.5. The Morgan fingerprint density at radius 1 is 0.974 bits per heavy atom. The van der Waals surface area contributed by atoms with Crippen LogP contribution in [0.1, 0.15) is 36.0 Å². The quantitative estimate of drug-likeness (QED) is 0.197. The Bertz CT molecular complexity index is 1700. The van der Waals surface area contributed by atoms with Gasteiger partial charge in [0.15, 0.2) is 5.82 Å². The van der Waals surface area contributed by atoms with Gasteiger partial charge in [-0.15, -0.1) is 0 Å². The highest BCUT2D eigenvalue weighted by Crippen LogP contribution is 2.43. The van der Waals surface area contributed by atoms with Crippen molar-refractivity contribution in [1.29, 1.82) is 10.8 Å². The van der Waals surface area contributed by atoms with Crippen molar-refractivity contribution in [2.75, 3.05) is 10.2 Å². The number of benzene rings is 3. The van der Waals surface area contributed by atoms with Gasteiger partial charge >= 0.3 is 0 Å². The molecular weight excluding hydrogens is 515 g/mol. The molecule has 1 saturated carbocycles. The first-order valence-corrected chi connectivity index (χ1v) is 13.9. The molecule has 0 atom stereocenters. The van der Waals surface area contributed by atoms with Gasteiger partial charge in [0.1, 0.15) is 17.5 Å². The van der Waals surface area contributed by atoms with Gasteiger partial charge in [0.25, 0.3) is 0 Å². The predicted molar refractivity (Wildman–Crippen MR) is 149 cm³/mol. The van der Waals surface area contributed by atoms with Gasteiger partial charge in [0.2, 0.25) is 10.0 Å². The second kappa shape index (κ2) is 9.40. The summed E-state index contributed by atoms with van der Waals surface area (Å²) in [5.74, 6) is 0.271. The van der Waals surface area contributed by atoms with Crippen LogP contribution in [0, 0.1) is 16.6 Å². The summed E-state index contributed by atoms with van der Waals surface area (Å²) in [4.78, 5) is 5.99. The van der Waals surface area contributed by atoms with Crippen LogP contribution in [-0.4, -0.2) is 25.1 Å². The number of nitrogens with one attached hydrogen (secondary N) is 4. The number of rotatable bonds is 5. The van der Waals surface area contributed by atoms with E-state index in [9.17, 15) is 12.8 Å². The van der Waals surface area contributed by atoms with Crippen molar-refractivity contribution >= 4 is 38.9 Å². The molecule has 196 valence electrons. The van der Waals surface area contributed by atoms with Gasteiger partial charge in [0, 0.05) is 17.3 Å². The lowest BCUT2D eigenvalue weighted by Crippen LogP contribution is -2.50. The Morgan fingerprint density at radius 2 is 1.69 bits per heavy atom. The molecule has 39 heavy (non-hydrogen) atoms. The fraction of sp³-hybridized carbons (Fsp3) is 0.138. The molecule has 8 nitrogen and oxygen atoms in total. The van der Waals surface area contributed by atoms with Gasteiger partial charge in [0.05, 0.1) is 21.8 Å². The lowest BCUT2D eigenvalue weighted by Gasteiger charge is -2.42. The van der Waals surface area contributed by atoms with E-state index in [0.717, 1.165) is 29.8 Å². The van der Waals surface area contributed by atoms with Gasteiger partial charge in [-0.2, -0.15) is 0 Å². The number of anilines is 3. The van der Waals surface area contributed by atoms with E-state index in [1.807, 2.05) is 42.5 Å². The zero-order valence-corrected chi connectivity index (χ0v) is 21.6. The van der Waals surface area contributed by atoms with Crippen molar-refractivity contribution in [2.45, 2.75) is 29.7 Å². The molecule has 4 N–H and O–H groups in total. The summed E-state index contributed by atoms with van der Waals surface area (Å²) in [6.07, 6.45) is 3.78. The summed E-state index contributed by atoms with van der Waals surface area (Å²) in [6, 6.07) is 23.0. The van der Waals surface area contributed by atoms with Gasteiger partial charge in [-0.25, -0.2) is 22.5 Å². The molecule has 0 amide bonds. The first-order chi connectivity index (χ1) is 18.8. The Kier molecular flexibility index (Phi) is 6.00. The van der Waals surface area contributed by atoms with Crippen LogP contribution < -0.4 is 14.9 Å². The normalized spacial score (nSPS) is 15.8. The number of halogens is 1. The largest absolute Gasteiger partial charge is 0.338 e. The van der Waals surface area contributed by atoms with E-state index >= 15 is 0 Å². The van der Waals surface area contributed by atoms with E-state index in [1.54, 1.807) is 29.3 Å². The molecule has 1 aliphatic carbocycles. The van der Waals surface area contributed by atoms with Crippen LogP contribution in [0.15, 0.2) is 96.0 Å². The second-order valence-corrected chi connectivity index (χ2v) is 11.3.